The lowest BCUT2D eigenvalue weighted by atomic mass is 10.2. The lowest BCUT2D eigenvalue weighted by Crippen LogP contribution is -2.05. The minimum absolute atomic E-state index is 0.334. The Morgan fingerprint density at radius 1 is 1.38 bits per heavy atom. The van der Waals surface area contributed by atoms with Crippen molar-refractivity contribution >= 4 is 22.9 Å². The number of halogens is 1. The van der Waals surface area contributed by atoms with E-state index in [4.69, 9.17) is 26.8 Å². The van der Waals surface area contributed by atoms with Crippen LogP contribution >= 0.6 is 22.9 Å². The summed E-state index contributed by atoms with van der Waals surface area (Å²) in [6.07, 6.45) is 0. The first-order valence-electron chi connectivity index (χ1n) is 6.68. The highest BCUT2D eigenvalue weighted by atomic mass is 35.5. The van der Waals surface area contributed by atoms with Gasteiger partial charge in [0.25, 0.3) is 0 Å². The van der Waals surface area contributed by atoms with E-state index >= 15 is 0 Å². The van der Waals surface area contributed by atoms with E-state index in [2.05, 4.69) is 18.8 Å². The minimum Gasteiger partial charge on any atom is -0.493 e. The number of benzene rings is 1. The van der Waals surface area contributed by atoms with Crippen molar-refractivity contribution in [2.24, 2.45) is 5.73 Å². The second kappa shape index (κ2) is 7.11. The number of methoxy groups -OCH3 is 1. The standard InChI is InChI=1S/C15H19ClN2O2S/c1-9(2)15-18-12(8-21-15)7-20-14-10(6-17)4-11(16)5-13(14)19-3/h4-5,8-9H,6-7,17H2,1-3H3. The minimum atomic E-state index is 0.334. The third-order valence-electron chi connectivity index (χ3n) is 2.96. The predicted molar refractivity (Wildman–Crippen MR) is 86.4 cm³/mol. The molecule has 1 heterocycles. The van der Waals surface area contributed by atoms with Gasteiger partial charge in [-0.3, -0.25) is 0 Å². The molecule has 0 aliphatic heterocycles. The first kappa shape index (κ1) is 16.1. The van der Waals surface area contributed by atoms with Gasteiger partial charge < -0.3 is 15.2 Å². The molecule has 2 N–H and O–H groups in total. The molecule has 1 aromatic carbocycles. The molecule has 0 saturated carbocycles. The van der Waals surface area contributed by atoms with Crippen LogP contribution in [0.5, 0.6) is 11.5 Å². The van der Waals surface area contributed by atoms with Crippen molar-refractivity contribution < 1.29 is 9.47 Å². The quantitative estimate of drug-likeness (QED) is 0.872. The van der Waals surface area contributed by atoms with Crippen LogP contribution in [0.25, 0.3) is 0 Å². The van der Waals surface area contributed by atoms with Gasteiger partial charge in [-0.2, -0.15) is 0 Å². The summed E-state index contributed by atoms with van der Waals surface area (Å²) in [7, 11) is 1.58. The second-order valence-electron chi connectivity index (χ2n) is 4.92. The number of hydrogen-bond acceptors (Lipinski definition) is 5. The van der Waals surface area contributed by atoms with Gasteiger partial charge in [-0.25, -0.2) is 4.98 Å². The summed E-state index contributed by atoms with van der Waals surface area (Å²) in [6.45, 7) is 4.96. The summed E-state index contributed by atoms with van der Waals surface area (Å²) >= 11 is 7.68. The van der Waals surface area contributed by atoms with Crippen LogP contribution in [0.15, 0.2) is 17.5 Å². The van der Waals surface area contributed by atoms with Gasteiger partial charge in [0.05, 0.1) is 17.8 Å². The largest absolute Gasteiger partial charge is 0.493 e. The van der Waals surface area contributed by atoms with E-state index < -0.39 is 0 Å². The van der Waals surface area contributed by atoms with E-state index in [1.165, 1.54) is 0 Å². The van der Waals surface area contributed by atoms with Crippen LogP contribution in [0, 0.1) is 0 Å². The number of nitrogens with zero attached hydrogens (tertiary/aromatic N) is 1. The van der Waals surface area contributed by atoms with Crippen molar-refractivity contribution in [3.8, 4) is 11.5 Å². The van der Waals surface area contributed by atoms with E-state index in [9.17, 15) is 0 Å². The van der Waals surface area contributed by atoms with Gasteiger partial charge in [0.1, 0.15) is 6.61 Å². The summed E-state index contributed by atoms with van der Waals surface area (Å²) < 4.78 is 11.2. The Bertz CT molecular complexity index is 588. The van der Waals surface area contributed by atoms with Crippen LogP contribution in [-0.2, 0) is 13.2 Å². The van der Waals surface area contributed by atoms with Crippen molar-refractivity contribution in [3.05, 3.63) is 38.8 Å². The molecule has 0 fully saturated rings. The lowest BCUT2D eigenvalue weighted by molar-refractivity contribution is 0.278. The summed E-state index contributed by atoms with van der Waals surface area (Å²) in [5.74, 6) is 1.64. The number of ether oxygens (including phenoxy) is 2. The molecular weight excluding hydrogens is 308 g/mol. The zero-order chi connectivity index (χ0) is 15.4. The van der Waals surface area contributed by atoms with Gasteiger partial charge in [0, 0.05) is 34.5 Å². The Labute approximate surface area is 133 Å². The summed E-state index contributed by atoms with van der Waals surface area (Å²) in [5, 5.41) is 3.70. The van der Waals surface area contributed by atoms with Crippen molar-refractivity contribution in [3.63, 3.8) is 0 Å². The highest BCUT2D eigenvalue weighted by Gasteiger charge is 2.13. The fourth-order valence-corrected chi connectivity index (χ4v) is 2.94. The molecule has 2 aromatic rings. The van der Waals surface area contributed by atoms with Gasteiger partial charge in [-0.05, 0) is 6.07 Å². The Morgan fingerprint density at radius 3 is 2.71 bits per heavy atom. The fraction of sp³-hybridized carbons (Fsp3) is 0.400. The van der Waals surface area contributed by atoms with Crippen LogP contribution in [0.3, 0.4) is 0 Å². The van der Waals surface area contributed by atoms with Gasteiger partial charge in [0.15, 0.2) is 11.5 Å². The maximum atomic E-state index is 6.03. The van der Waals surface area contributed by atoms with E-state index in [1.54, 1.807) is 30.6 Å². The first-order valence-corrected chi connectivity index (χ1v) is 7.94. The molecule has 6 heteroatoms. The average molecular weight is 327 g/mol. The molecule has 1 aromatic heterocycles. The molecule has 0 saturated heterocycles. The van der Waals surface area contributed by atoms with Crippen molar-refractivity contribution in [1.82, 2.24) is 4.98 Å². The number of rotatable bonds is 6. The predicted octanol–water partition coefficient (Wildman–Crippen LogP) is 3.97. The molecule has 0 aliphatic rings. The maximum absolute atomic E-state index is 6.03. The van der Waals surface area contributed by atoms with Gasteiger partial charge in [-0.1, -0.05) is 25.4 Å². The molecule has 114 valence electrons. The zero-order valence-corrected chi connectivity index (χ0v) is 13.9. The lowest BCUT2D eigenvalue weighted by Gasteiger charge is -2.14. The SMILES string of the molecule is COc1cc(Cl)cc(CN)c1OCc1csc(C(C)C)n1. The van der Waals surface area contributed by atoms with Crippen LogP contribution < -0.4 is 15.2 Å². The summed E-state index contributed by atoms with van der Waals surface area (Å²) in [4.78, 5) is 4.55. The highest BCUT2D eigenvalue weighted by molar-refractivity contribution is 7.09. The molecule has 0 unspecified atom stereocenters. The van der Waals surface area contributed by atoms with E-state index in [1.807, 2.05) is 5.38 Å². The number of nitrogens with two attached hydrogens (primary N) is 1. The summed E-state index contributed by atoms with van der Waals surface area (Å²) in [5.41, 5.74) is 7.47. The third-order valence-corrected chi connectivity index (χ3v) is 4.38. The van der Waals surface area contributed by atoms with Crippen LogP contribution in [0.1, 0.15) is 36.0 Å². The highest BCUT2D eigenvalue weighted by Crippen LogP contribution is 2.35. The molecule has 0 aliphatic carbocycles. The first-order chi connectivity index (χ1) is 10.0. The third kappa shape index (κ3) is 3.87. The number of hydrogen-bond donors (Lipinski definition) is 1. The van der Waals surface area contributed by atoms with Crippen molar-refractivity contribution in [2.75, 3.05) is 7.11 Å². The van der Waals surface area contributed by atoms with Crippen LogP contribution in [0.2, 0.25) is 5.02 Å². The maximum Gasteiger partial charge on any atom is 0.166 e. The average Bonchev–Trinajstić information content (AvgIpc) is 2.94. The summed E-state index contributed by atoms with van der Waals surface area (Å²) in [6, 6.07) is 3.51. The van der Waals surface area contributed by atoms with Crippen LogP contribution in [0.4, 0.5) is 0 Å². The normalized spacial score (nSPS) is 11.0. The van der Waals surface area contributed by atoms with E-state index in [0.717, 1.165) is 16.3 Å². The molecule has 0 amide bonds. The monoisotopic (exact) mass is 326 g/mol. The van der Waals surface area contributed by atoms with E-state index in [-0.39, 0.29) is 0 Å². The Hall–Kier alpha value is -1.30. The Kier molecular flexibility index (Phi) is 5.45. The number of thiazole rings is 1. The molecule has 0 atom stereocenters. The second-order valence-corrected chi connectivity index (χ2v) is 6.25. The Morgan fingerprint density at radius 2 is 2.14 bits per heavy atom. The fourth-order valence-electron chi connectivity index (χ4n) is 1.89. The molecule has 0 bridgehead atoms. The molecule has 21 heavy (non-hydrogen) atoms. The molecular formula is C15H19ClN2O2S. The van der Waals surface area contributed by atoms with Gasteiger partial charge in [-0.15, -0.1) is 11.3 Å². The van der Waals surface area contributed by atoms with Gasteiger partial charge >= 0.3 is 0 Å². The molecule has 2 rings (SSSR count). The van der Waals surface area contributed by atoms with E-state index in [0.29, 0.717) is 35.6 Å². The zero-order valence-electron chi connectivity index (χ0n) is 12.4. The van der Waals surface area contributed by atoms with Crippen molar-refractivity contribution in [2.45, 2.75) is 32.9 Å². The number of aromatic nitrogens is 1. The molecule has 0 spiro atoms. The molecule has 0 radical (unpaired) electrons. The van der Waals surface area contributed by atoms with Gasteiger partial charge in [0.2, 0.25) is 0 Å². The van der Waals surface area contributed by atoms with Crippen molar-refractivity contribution in [1.29, 1.82) is 0 Å². The smallest absolute Gasteiger partial charge is 0.166 e. The molecule has 4 nitrogen and oxygen atoms in total. The van der Waals surface area contributed by atoms with Crippen LogP contribution in [-0.4, -0.2) is 12.1 Å². The topological polar surface area (TPSA) is 57.4 Å². The Balaban J connectivity index is 2.18.